The van der Waals surface area contributed by atoms with Crippen LogP contribution in [0.1, 0.15) is 5.56 Å². The molecule has 1 saturated heterocycles. The highest BCUT2D eigenvalue weighted by Crippen LogP contribution is 2.18. The number of hydrogen-bond acceptors (Lipinski definition) is 3. The summed E-state index contributed by atoms with van der Waals surface area (Å²) in [6.07, 6.45) is 0. The number of piperazine rings is 1. The summed E-state index contributed by atoms with van der Waals surface area (Å²) in [6, 6.07) is 4.56. The second-order valence-corrected chi connectivity index (χ2v) is 4.37. The average molecular weight is 224 g/mol. The molecule has 1 aromatic rings. The van der Waals surface area contributed by atoms with Crippen LogP contribution in [0.15, 0.2) is 18.2 Å². The zero-order valence-electron chi connectivity index (χ0n) is 9.49. The molecule has 88 valence electrons. The van der Waals surface area contributed by atoms with Crippen LogP contribution < -0.4 is 0 Å². The highest BCUT2D eigenvalue weighted by molar-refractivity contribution is 5.28. The summed E-state index contributed by atoms with van der Waals surface area (Å²) in [5.41, 5.74) is 0.962. The van der Waals surface area contributed by atoms with E-state index in [4.69, 9.17) is 0 Å². The number of hydrogen-bond donors (Lipinski definition) is 1. The second-order valence-electron chi connectivity index (χ2n) is 4.37. The molecule has 0 spiro atoms. The van der Waals surface area contributed by atoms with Crippen LogP contribution in [0, 0.1) is 5.82 Å². The molecule has 1 heterocycles. The van der Waals surface area contributed by atoms with Crippen LogP contribution in [0.2, 0.25) is 0 Å². The third-order valence-electron chi connectivity index (χ3n) is 3.01. The maximum absolute atomic E-state index is 12.9. The van der Waals surface area contributed by atoms with Crippen molar-refractivity contribution >= 4 is 0 Å². The predicted molar refractivity (Wildman–Crippen MR) is 60.8 cm³/mol. The van der Waals surface area contributed by atoms with E-state index in [0.29, 0.717) is 0 Å². The second kappa shape index (κ2) is 4.80. The van der Waals surface area contributed by atoms with Gasteiger partial charge in [-0.2, -0.15) is 0 Å². The zero-order chi connectivity index (χ0) is 11.5. The van der Waals surface area contributed by atoms with Crippen molar-refractivity contribution in [3.8, 4) is 5.75 Å². The fourth-order valence-electron chi connectivity index (χ4n) is 1.92. The molecule has 0 radical (unpaired) electrons. The Morgan fingerprint density at radius 2 is 1.94 bits per heavy atom. The van der Waals surface area contributed by atoms with Gasteiger partial charge in [0.25, 0.3) is 0 Å². The van der Waals surface area contributed by atoms with Crippen LogP contribution in [-0.4, -0.2) is 48.1 Å². The summed E-state index contributed by atoms with van der Waals surface area (Å²) < 4.78 is 12.9. The first-order chi connectivity index (χ1) is 7.65. The molecule has 2 rings (SSSR count). The van der Waals surface area contributed by atoms with E-state index in [1.54, 1.807) is 6.07 Å². The molecule has 0 saturated carbocycles. The maximum atomic E-state index is 12.9. The lowest BCUT2D eigenvalue weighted by atomic mass is 10.2. The minimum Gasteiger partial charge on any atom is -0.505 e. The van der Waals surface area contributed by atoms with E-state index < -0.39 is 5.82 Å². The molecule has 0 aliphatic carbocycles. The van der Waals surface area contributed by atoms with E-state index in [1.165, 1.54) is 12.1 Å². The lowest BCUT2D eigenvalue weighted by molar-refractivity contribution is 0.148. The first-order valence-electron chi connectivity index (χ1n) is 5.53. The normalized spacial score (nSPS) is 18.9. The van der Waals surface area contributed by atoms with E-state index in [2.05, 4.69) is 16.8 Å². The highest BCUT2D eigenvalue weighted by atomic mass is 19.1. The van der Waals surface area contributed by atoms with Crippen molar-refractivity contribution in [1.29, 1.82) is 0 Å². The van der Waals surface area contributed by atoms with Gasteiger partial charge in [-0.15, -0.1) is 0 Å². The van der Waals surface area contributed by atoms with Crippen molar-refractivity contribution < 1.29 is 9.50 Å². The van der Waals surface area contributed by atoms with Crippen molar-refractivity contribution in [3.63, 3.8) is 0 Å². The summed E-state index contributed by atoms with van der Waals surface area (Å²) in [4.78, 5) is 4.60. The van der Waals surface area contributed by atoms with Gasteiger partial charge >= 0.3 is 0 Å². The Morgan fingerprint density at radius 1 is 1.25 bits per heavy atom. The number of halogens is 1. The number of phenols is 1. The molecule has 1 aliphatic heterocycles. The van der Waals surface area contributed by atoms with Crippen LogP contribution in [0.4, 0.5) is 4.39 Å². The fraction of sp³-hybridized carbons (Fsp3) is 0.500. The molecule has 0 unspecified atom stereocenters. The largest absolute Gasteiger partial charge is 0.505 e. The standard InChI is InChI=1S/C12H17FN2O/c1-14-4-6-15(7-5-14)9-10-2-3-11(13)12(16)8-10/h2-3,8,16H,4-7,9H2,1H3. The number of rotatable bonds is 2. The van der Waals surface area contributed by atoms with Gasteiger partial charge in [0.15, 0.2) is 11.6 Å². The first kappa shape index (κ1) is 11.4. The van der Waals surface area contributed by atoms with Crippen LogP contribution in [0.5, 0.6) is 5.75 Å². The minimum absolute atomic E-state index is 0.258. The lowest BCUT2D eigenvalue weighted by Crippen LogP contribution is -2.43. The minimum atomic E-state index is -0.554. The highest BCUT2D eigenvalue weighted by Gasteiger charge is 2.14. The van der Waals surface area contributed by atoms with Crippen molar-refractivity contribution in [2.45, 2.75) is 6.54 Å². The van der Waals surface area contributed by atoms with E-state index in [9.17, 15) is 9.50 Å². The summed E-state index contributed by atoms with van der Waals surface area (Å²) in [6.45, 7) is 4.95. The fourth-order valence-corrected chi connectivity index (χ4v) is 1.92. The predicted octanol–water partition coefficient (Wildman–Crippen LogP) is 1.28. The third-order valence-corrected chi connectivity index (χ3v) is 3.01. The van der Waals surface area contributed by atoms with Gasteiger partial charge in [-0.1, -0.05) is 6.07 Å². The van der Waals surface area contributed by atoms with Gasteiger partial charge in [-0.3, -0.25) is 4.90 Å². The van der Waals surface area contributed by atoms with Crippen LogP contribution in [0.25, 0.3) is 0 Å². The number of phenolic OH excluding ortho intramolecular Hbond substituents is 1. The summed E-state index contributed by atoms with van der Waals surface area (Å²) in [5.74, 6) is -0.811. The molecule has 0 bridgehead atoms. The number of nitrogens with zero attached hydrogens (tertiary/aromatic N) is 2. The maximum Gasteiger partial charge on any atom is 0.164 e. The average Bonchev–Trinajstić information content (AvgIpc) is 2.27. The van der Waals surface area contributed by atoms with Gasteiger partial charge in [0.05, 0.1) is 0 Å². The van der Waals surface area contributed by atoms with Crippen LogP contribution in [-0.2, 0) is 6.54 Å². The molecule has 3 nitrogen and oxygen atoms in total. The molecule has 1 aromatic carbocycles. The third kappa shape index (κ3) is 2.71. The van der Waals surface area contributed by atoms with E-state index in [1.807, 2.05) is 0 Å². The van der Waals surface area contributed by atoms with Gasteiger partial charge in [-0.25, -0.2) is 4.39 Å². The first-order valence-corrected chi connectivity index (χ1v) is 5.53. The smallest absolute Gasteiger partial charge is 0.164 e. The summed E-state index contributed by atoms with van der Waals surface area (Å²) in [7, 11) is 2.11. The van der Waals surface area contributed by atoms with Crippen molar-refractivity contribution in [2.75, 3.05) is 33.2 Å². The monoisotopic (exact) mass is 224 g/mol. The van der Waals surface area contributed by atoms with Crippen molar-refractivity contribution in [1.82, 2.24) is 9.80 Å². The van der Waals surface area contributed by atoms with Gasteiger partial charge in [0.1, 0.15) is 0 Å². The van der Waals surface area contributed by atoms with Gasteiger partial charge in [0, 0.05) is 32.7 Å². The molecule has 0 amide bonds. The summed E-state index contributed by atoms with van der Waals surface area (Å²) in [5, 5.41) is 9.27. The Balaban J connectivity index is 1.96. The lowest BCUT2D eigenvalue weighted by Gasteiger charge is -2.32. The Morgan fingerprint density at radius 3 is 2.56 bits per heavy atom. The molecule has 4 heteroatoms. The van der Waals surface area contributed by atoms with Gasteiger partial charge < -0.3 is 10.0 Å². The molecular formula is C12H17FN2O. The van der Waals surface area contributed by atoms with Gasteiger partial charge in [-0.05, 0) is 24.7 Å². The van der Waals surface area contributed by atoms with Crippen LogP contribution in [0.3, 0.4) is 0 Å². The Bertz CT molecular complexity index is 362. The Labute approximate surface area is 95.1 Å². The van der Waals surface area contributed by atoms with E-state index in [-0.39, 0.29) is 5.75 Å². The molecule has 1 N–H and O–H groups in total. The van der Waals surface area contributed by atoms with Crippen LogP contribution >= 0.6 is 0 Å². The Kier molecular flexibility index (Phi) is 3.41. The molecular weight excluding hydrogens is 207 g/mol. The molecule has 1 aliphatic rings. The van der Waals surface area contributed by atoms with E-state index in [0.717, 1.165) is 38.3 Å². The summed E-state index contributed by atoms with van der Waals surface area (Å²) >= 11 is 0. The zero-order valence-corrected chi connectivity index (χ0v) is 9.49. The SMILES string of the molecule is CN1CCN(Cc2ccc(F)c(O)c2)CC1. The molecule has 1 fully saturated rings. The number of benzene rings is 1. The molecule has 0 atom stereocenters. The van der Waals surface area contributed by atoms with E-state index >= 15 is 0 Å². The van der Waals surface area contributed by atoms with Gasteiger partial charge in [0.2, 0.25) is 0 Å². The van der Waals surface area contributed by atoms with Crippen molar-refractivity contribution in [2.24, 2.45) is 0 Å². The van der Waals surface area contributed by atoms with Crippen molar-refractivity contribution in [3.05, 3.63) is 29.6 Å². The topological polar surface area (TPSA) is 26.7 Å². The molecule has 16 heavy (non-hydrogen) atoms. The molecule has 0 aromatic heterocycles. The number of likely N-dealkylation sites (N-methyl/N-ethyl adjacent to an activating group) is 1. The number of aromatic hydroxyl groups is 1. The quantitative estimate of drug-likeness (QED) is 0.819. The Hall–Kier alpha value is -1.13.